The van der Waals surface area contributed by atoms with E-state index in [1.54, 1.807) is 18.2 Å². The lowest BCUT2D eigenvalue weighted by Crippen LogP contribution is -2.17. The van der Waals surface area contributed by atoms with Crippen LogP contribution in [-0.4, -0.2) is 22.4 Å². The second kappa shape index (κ2) is 9.43. The zero-order valence-electron chi connectivity index (χ0n) is 17.2. The van der Waals surface area contributed by atoms with Crippen molar-refractivity contribution in [2.24, 2.45) is 0 Å². The molecule has 2 N–H and O–H groups in total. The average Bonchev–Trinajstić information content (AvgIpc) is 2.69. The number of hydrogen-bond donors (Lipinski definition) is 2. The molecule has 9 heteroatoms. The van der Waals surface area contributed by atoms with Gasteiger partial charge in [-0.2, -0.15) is 4.98 Å². The smallest absolute Gasteiger partial charge is 0.406 e. The van der Waals surface area contributed by atoms with E-state index in [0.29, 0.717) is 28.0 Å². The summed E-state index contributed by atoms with van der Waals surface area (Å²) in [6, 6.07) is 12.9. The van der Waals surface area contributed by atoms with Crippen LogP contribution in [-0.2, 0) is 0 Å². The number of hydrogen-bond acceptors (Lipinski definition) is 5. The Kier molecular flexibility index (Phi) is 6.90. The highest BCUT2D eigenvalue weighted by Gasteiger charge is 2.31. The maximum Gasteiger partial charge on any atom is 0.573 e. The monoisotopic (exact) mass is 450 g/mol. The van der Waals surface area contributed by atoms with Crippen LogP contribution < -0.4 is 15.4 Å². The van der Waals surface area contributed by atoms with Gasteiger partial charge in [0.1, 0.15) is 11.6 Å². The molecule has 3 aromatic rings. The molecule has 1 heterocycles. The van der Waals surface area contributed by atoms with E-state index >= 15 is 0 Å². The standard InChI is InChI=1S/C22H22ClF3N4O/c1-4-14(3)27-21-29-19(15-6-5-7-17(11-15)31-22(24,25)26)12-20(30-21)28-16-8-9-18(23)13(2)10-16/h5-12,14H,4H2,1-3H3,(H2,27,28,29,30)/t14-/m0/s1. The highest BCUT2D eigenvalue weighted by molar-refractivity contribution is 6.31. The lowest BCUT2D eigenvalue weighted by Gasteiger charge is -2.15. The van der Waals surface area contributed by atoms with Gasteiger partial charge in [0.05, 0.1) is 5.69 Å². The molecule has 0 radical (unpaired) electrons. The number of ether oxygens (including phenoxy) is 1. The van der Waals surface area contributed by atoms with Gasteiger partial charge in [-0.15, -0.1) is 13.2 Å². The van der Waals surface area contributed by atoms with Crippen LogP contribution in [0.5, 0.6) is 5.75 Å². The van der Waals surface area contributed by atoms with Gasteiger partial charge in [-0.05, 0) is 56.2 Å². The van der Waals surface area contributed by atoms with Crippen molar-refractivity contribution in [2.45, 2.75) is 39.6 Å². The number of rotatable bonds is 7. The lowest BCUT2D eigenvalue weighted by molar-refractivity contribution is -0.274. The van der Waals surface area contributed by atoms with Crippen molar-refractivity contribution in [3.8, 4) is 17.0 Å². The van der Waals surface area contributed by atoms with E-state index in [-0.39, 0.29) is 11.8 Å². The second-order valence-corrected chi connectivity index (χ2v) is 7.49. The van der Waals surface area contributed by atoms with Crippen LogP contribution in [0.15, 0.2) is 48.5 Å². The molecule has 0 aliphatic rings. The van der Waals surface area contributed by atoms with Crippen molar-refractivity contribution < 1.29 is 17.9 Å². The lowest BCUT2D eigenvalue weighted by atomic mass is 10.1. The molecule has 0 aliphatic carbocycles. The van der Waals surface area contributed by atoms with Gasteiger partial charge in [0, 0.05) is 28.4 Å². The molecule has 0 saturated heterocycles. The molecular formula is C22H22ClF3N4O. The molecule has 0 fully saturated rings. The predicted molar refractivity (Wildman–Crippen MR) is 117 cm³/mol. The molecule has 0 amide bonds. The molecule has 31 heavy (non-hydrogen) atoms. The quantitative estimate of drug-likeness (QED) is 0.407. The van der Waals surface area contributed by atoms with Crippen LogP contribution in [0.1, 0.15) is 25.8 Å². The van der Waals surface area contributed by atoms with E-state index in [9.17, 15) is 13.2 Å². The Labute approximate surface area is 183 Å². The first-order valence-electron chi connectivity index (χ1n) is 9.68. The Bertz CT molecular complexity index is 1060. The average molecular weight is 451 g/mol. The number of nitrogens with zero attached hydrogens (tertiary/aromatic N) is 2. The maximum atomic E-state index is 12.6. The fourth-order valence-electron chi connectivity index (χ4n) is 2.77. The normalized spacial score (nSPS) is 12.4. The summed E-state index contributed by atoms with van der Waals surface area (Å²) in [5.74, 6) is 0.532. The SMILES string of the molecule is CC[C@H](C)Nc1nc(Nc2ccc(Cl)c(C)c2)cc(-c2cccc(OC(F)(F)F)c2)n1. The number of anilines is 3. The van der Waals surface area contributed by atoms with Crippen molar-refractivity contribution in [2.75, 3.05) is 10.6 Å². The number of aryl methyl sites for hydroxylation is 1. The molecular weight excluding hydrogens is 429 g/mol. The van der Waals surface area contributed by atoms with E-state index in [4.69, 9.17) is 11.6 Å². The summed E-state index contributed by atoms with van der Waals surface area (Å²) in [7, 11) is 0. The van der Waals surface area contributed by atoms with Gasteiger partial charge in [-0.25, -0.2) is 4.98 Å². The summed E-state index contributed by atoms with van der Waals surface area (Å²) in [6.07, 6.45) is -3.92. The van der Waals surface area contributed by atoms with Gasteiger partial charge in [0.25, 0.3) is 0 Å². The predicted octanol–water partition coefficient (Wildman–Crippen LogP) is 6.96. The Morgan fingerprint density at radius 1 is 1.10 bits per heavy atom. The summed E-state index contributed by atoms with van der Waals surface area (Å²) in [5, 5.41) is 7.06. The molecule has 0 aliphatic heterocycles. The van der Waals surface area contributed by atoms with Crippen molar-refractivity contribution in [3.05, 3.63) is 59.1 Å². The maximum absolute atomic E-state index is 12.6. The number of halogens is 4. The summed E-state index contributed by atoms with van der Waals surface area (Å²) >= 11 is 6.09. The highest BCUT2D eigenvalue weighted by atomic mass is 35.5. The minimum Gasteiger partial charge on any atom is -0.406 e. The summed E-state index contributed by atoms with van der Waals surface area (Å²) in [6.45, 7) is 5.90. The van der Waals surface area contributed by atoms with E-state index in [0.717, 1.165) is 17.7 Å². The Morgan fingerprint density at radius 2 is 1.87 bits per heavy atom. The molecule has 1 aromatic heterocycles. The summed E-state index contributed by atoms with van der Waals surface area (Å²) < 4.78 is 41.9. The fraction of sp³-hybridized carbons (Fsp3) is 0.273. The number of aromatic nitrogens is 2. The van der Waals surface area contributed by atoms with Crippen LogP contribution in [0.4, 0.5) is 30.6 Å². The van der Waals surface area contributed by atoms with Crippen molar-refractivity contribution in [3.63, 3.8) is 0 Å². The topological polar surface area (TPSA) is 59.1 Å². The molecule has 164 valence electrons. The van der Waals surface area contributed by atoms with Gasteiger partial charge < -0.3 is 15.4 Å². The molecule has 3 rings (SSSR count). The van der Waals surface area contributed by atoms with E-state index in [1.165, 1.54) is 18.2 Å². The van der Waals surface area contributed by atoms with E-state index < -0.39 is 6.36 Å². The minimum atomic E-state index is -4.77. The Morgan fingerprint density at radius 3 is 2.55 bits per heavy atom. The van der Waals surface area contributed by atoms with Gasteiger partial charge in [-0.1, -0.05) is 30.7 Å². The number of alkyl halides is 3. The first-order chi connectivity index (χ1) is 14.6. The van der Waals surface area contributed by atoms with Crippen LogP contribution in [0.25, 0.3) is 11.3 Å². The molecule has 0 spiro atoms. The van der Waals surface area contributed by atoms with Crippen LogP contribution in [0.3, 0.4) is 0 Å². The van der Waals surface area contributed by atoms with Crippen LogP contribution in [0, 0.1) is 6.92 Å². The van der Waals surface area contributed by atoms with Crippen LogP contribution in [0.2, 0.25) is 5.02 Å². The van der Waals surface area contributed by atoms with Gasteiger partial charge >= 0.3 is 6.36 Å². The van der Waals surface area contributed by atoms with Gasteiger partial charge in [0.2, 0.25) is 5.95 Å². The second-order valence-electron chi connectivity index (χ2n) is 7.08. The third kappa shape index (κ3) is 6.49. The Balaban J connectivity index is 1.99. The van der Waals surface area contributed by atoms with Crippen molar-refractivity contribution in [1.82, 2.24) is 9.97 Å². The molecule has 1 atom stereocenters. The molecule has 2 aromatic carbocycles. The third-order valence-electron chi connectivity index (χ3n) is 4.51. The first kappa shape index (κ1) is 22.7. The molecule has 0 bridgehead atoms. The number of benzene rings is 2. The van der Waals surface area contributed by atoms with E-state index in [2.05, 4.69) is 25.3 Å². The van der Waals surface area contributed by atoms with Crippen LogP contribution >= 0.6 is 11.6 Å². The van der Waals surface area contributed by atoms with Gasteiger partial charge in [-0.3, -0.25) is 0 Å². The molecule has 5 nitrogen and oxygen atoms in total. The Hall–Kier alpha value is -3.00. The summed E-state index contributed by atoms with van der Waals surface area (Å²) in [5.41, 5.74) is 2.58. The highest BCUT2D eigenvalue weighted by Crippen LogP contribution is 2.30. The fourth-order valence-corrected chi connectivity index (χ4v) is 2.89. The number of nitrogens with one attached hydrogen (secondary N) is 2. The molecule has 0 unspecified atom stereocenters. The minimum absolute atomic E-state index is 0.112. The zero-order valence-corrected chi connectivity index (χ0v) is 18.0. The first-order valence-corrected chi connectivity index (χ1v) is 10.1. The summed E-state index contributed by atoms with van der Waals surface area (Å²) in [4.78, 5) is 8.98. The van der Waals surface area contributed by atoms with E-state index in [1.807, 2.05) is 32.9 Å². The largest absolute Gasteiger partial charge is 0.573 e. The zero-order chi connectivity index (χ0) is 22.6. The molecule has 0 saturated carbocycles. The third-order valence-corrected chi connectivity index (χ3v) is 4.93. The van der Waals surface area contributed by atoms with Crippen molar-refractivity contribution in [1.29, 1.82) is 0 Å². The van der Waals surface area contributed by atoms with Crippen molar-refractivity contribution >= 4 is 29.1 Å². The van der Waals surface area contributed by atoms with Gasteiger partial charge in [0.15, 0.2) is 0 Å².